The predicted molar refractivity (Wildman–Crippen MR) is 70.0 cm³/mol. The summed E-state index contributed by atoms with van der Waals surface area (Å²) >= 11 is 0. The second-order valence-electron chi connectivity index (χ2n) is 4.93. The topological polar surface area (TPSA) is 55.5 Å². The summed E-state index contributed by atoms with van der Waals surface area (Å²) in [7, 11) is 1.40. The number of benzene rings is 1. The molecule has 0 spiro atoms. The fourth-order valence-electron chi connectivity index (χ4n) is 1.89. The molecule has 2 atom stereocenters. The van der Waals surface area contributed by atoms with Gasteiger partial charge in [0, 0.05) is 5.56 Å². The van der Waals surface area contributed by atoms with E-state index in [9.17, 15) is 9.50 Å². The summed E-state index contributed by atoms with van der Waals surface area (Å²) in [6.45, 7) is 4.17. The van der Waals surface area contributed by atoms with Crippen molar-refractivity contribution in [3.05, 3.63) is 29.6 Å². The van der Waals surface area contributed by atoms with Crippen LogP contribution in [0.15, 0.2) is 18.2 Å². The minimum absolute atomic E-state index is 0.119. The highest BCUT2D eigenvalue weighted by Crippen LogP contribution is 2.29. The first-order valence-corrected chi connectivity index (χ1v) is 6.23. The van der Waals surface area contributed by atoms with E-state index < -0.39 is 18.0 Å². The van der Waals surface area contributed by atoms with E-state index in [0.29, 0.717) is 17.9 Å². The molecule has 0 amide bonds. The Morgan fingerprint density at radius 2 is 2.00 bits per heavy atom. The van der Waals surface area contributed by atoms with Crippen molar-refractivity contribution in [3.8, 4) is 5.75 Å². The summed E-state index contributed by atoms with van der Waals surface area (Å²) in [5.74, 6) is 0.163. The molecule has 1 aromatic rings. The average Bonchev–Trinajstić information content (AvgIpc) is 2.34. The van der Waals surface area contributed by atoms with E-state index in [0.717, 1.165) is 6.42 Å². The number of hydrogen-bond donors (Lipinski definition) is 2. The molecule has 0 aliphatic heterocycles. The molecule has 18 heavy (non-hydrogen) atoms. The van der Waals surface area contributed by atoms with Crippen LogP contribution in [0.2, 0.25) is 0 Å². The van der Waals surface area contributed by atoms with Crippen molar-refractivity contribution in [2.75, 3.05) is 7.11 Å². The molecule has 0 heterocycles. The van der Waals surface area contributed by atoms with Crippen LogP contribution < -0.4 is 10.5 Å². The summed E-state index contributed by atoms with van der Waals surface area (Å²) in [6, 6.07) is 3.94. The molecular weight excluding hydrogens is 233 g/mol. The van der Waals surface area contributed by atoms with Gasteiger partial charge in [0.2, 0.25) is 0 Å². The summed E-state index contributed by atoms with van der Waals surface area (Å²) in [5.41, 5.74) is 6.48. The maximum absolute atomic E-state index is 13.5. The molecule has 1 aromatic carbocycles. The predicted octanol–water partition coefficient (Wildman–Crippen LogP) is 2.63. The van der Waals surface area contributed by atoms with Crippen LogP contribution in [0.3, 0.4) is 0 Å². The zero-order chi connectivity index (χ0) is 13.7. The summed E-state index contributed by atoms with van der Waals surface area (Å²) in [5, 5.41) is 10.0. The monoisotopic (exact) mass is 255 g/mol. The van der Waals surface area contributed by atoms with Crippen LogP contribution in [-0.2, 0) is 0 Å². The van der Waals surface area contributed by atoms with Crippen LogP contribution in [0, 0.1) is 11.7 Å². The Balaban J connectivity index is 2.82. The Morgan fingerprint density at radius 1 is 1.33 bits per heavy atom. The molecule has 3 nitrogen and oxygen atoms in total. The number of para-hydroxylation sites is 1. The van der Waals surface area contributed by atoms with Crippen molar-refractivity contribution >= 4 is 0 Å². The van der Waals surface area contributed by atoms with E-state index in [2.05, 4.69) is 13.8 Å². The third kappa shape index (κ3) is 3.68. The van der Waals surface area contributed by atoms with Gasteiger partial charge in [0.25, 0.3) is 0 Å². The van der Waals surface area contributed by atoms with Gasteiger partial charge >= 0.3 is 0 Å². The number of methoxy groups -OCH3 is 1. The summed E-state index contributed by atoms with van der Waals surface area (Å²) in [6.07, 6.45) is 0.786. The number of aliphatic hydroxyl groups is 1. The largest absolute Gasteiger partial charge is 0.493 e. The molecule has 0 bridgehead atoms. The average molecular weight is 255 g/mol. The first kappa shape index (κ1) is 14.9. The van der Waals surface area contributed by atoms with Gasteiger partial charge in [0.1, 0.15) is 0 Å². The second-order valence-corrected chi connectivity index (χ2v) is 4.93. The molecule has 1 rings (SSSR count). The molecule has 0 aromatic heterocycles. The normalized spacial score (nSPS) is 14.6. The standard InChI is InChI=1S/C14H22FNO2/c1-9(2)7-8-12(17)13(16)10-5-4-6-11(15)14(10)18-3/h4-6,9,12-13,17H,7-8,16H2,1-3H3/t12-,13+/m0/s1. The molecule has 102 valence electrons. The smallest absolute Gasteiger partial charge is 0.165 e. The molecule has 0 saturated heterocycles. The number of aliphatic hydroxyl groups excluding tert-OH is 1. The van der Waals surface area contributed by atoms with Crippen molar-refractivity contribution in [2.24, 2.45) is 11.7 Å². The highest BCUT2D eigenvalue weighted by molar-refractivity contribution is 5.37. The summed E-state index contributed by atoms with van der Waals surface area (Å²) < 4.78 is 18.5. The van der Waals surface area contributed by atoms with Crippen molar-refractivity contribution < 1.29 is 14.2 Å². The molecule has 0 unspecified atom stereocenters. The molecular formula is C14H22FNO2. The Hall–Kier alpha value is -1.13. The van der Waals surface area contributed by atoms with Crippen LogP contribution in [0.4, 0.5) is 4.39 Å². The lowest BCUT2D eigenvalue weighted by atomic mass is 9.95. The number of ether oxygens (including phenoxy) is 1. The van der Waals surface area contributed by atoms with Crippen molar-refractivity contribution in [1.29, 1.82) is 0 Å². The molecule has 0 aliphatic carbocycles. The number of hydrogen-bond acceptors (Lipinski definition) is 3. The number of halogens is 1. The number of nitrogens with two attached hydrogens (primary N) is 1. The van der Waals surface area contributed by atoms with Crippen molar-refractivity contribution in [1.82, 2.24) is 0 Å². The highest BCUT2D eigenvalue weighted by atomic mass is 19.1. The third-order valence-corrected chi connectivity index (χ3v) is 3.02. The Morgan fingerprint density at radius 3 is 2.56 bits per heavy atom. The van der Waals surface area contributed by atoms with E-state index >= 15 is 0 Å². The Kier molecular flexibility index (Phi) is 5.56. The van der Waals surface area contributed by atoms with Gasteiger partial charge in [-0.25, -0.2) is 4.39 Å². The van der Waals surface area contributed by atoms with Gasteiger partial charge in [-0.05, 0) is 24.8 Å². The summed E-state index contributed by atoms with van der Waals surface area (Å²) in [4.78, 5) is 0. The van der Waals surface area contributed by atoms with E-state index in [1.165, 1.54) is 13.2 Å². The van der Waals surface area contributed by atoms with E-state index in [1.807, 2.05) is 0 Å². The van der Waals surface area contributed by atoms with Gasteiger partial charge in [-0.3, -0.25) is 0 Å². The van der Waals surface area contributed by atoms with E-state index in [1.54, 1.807) is 12.1 Å². The zero-order valence-corrected chi connectivity index (χ0v) is 11.2. The van der Waals surface area contributed by atoms with E-state index in [-0.39, 0.29) is 5.75 Å². The lowest BCUT2D eigenvalue weighted by Gasteiger charge is -2.22. The fourth-order valence-corrected chi connectivity index (χ4v) is 1.89. The van der Waals surface area contributed by atoms with Gasteiger partial charge < -0.3 is 15.6 Å². The van der Waals surface area contributed by atoms with Gasteiger partial charge in [0.05, 0.1) is 19.3 Å². The maximum atomic E-state index is 13.5. The van der Waals surface area contributed by atoms with Gasteiger partial charge in [-0.1, -0.05) is 26.0 Å². The van der Waals surface area contributed by atoms with Crippen LogP contribution in [-0.4, -0.2) is 18.3 Å². The molecule has 4 heteroatoms. The van der Waals surface area contributed by atoms with E-state index in [4.69, 9.17) is 10.5 Å². The Labute approximate surface area is 108 Å². The fraction of sp³-hybridized carbons (Fsp3) is 0.571. The SMILES string of the molecule is COc1c(F)cccc1[C@@H](N)[C@@H](O)CCC(C)C. The van der Waals surface area contributed by atoms with Crippen molar-refractivity contribution in [3.63, 3.8) is 0 Å². The van der Waals surface area contributed by atoms with Crippen molar-refractivity contribution in [2.45, 2.75) is 38.8 Å². The van der Waals surface area contributed by atoms with Crippen LogP contribution in [0.5, 0.6) is 5.75 Å². The van der Waals surface area contributed by atoms with Gasteiger partial charge in [-0.2, -0.15) is 0 Å². The molecule has 0 radical (unpaired) electrons. The lowest BCUT2D eigenvalue weighted by Crippen LogP contribution is -2.27. The second kappa shape index (κ2) is 6.71. The van der Waals surface area contributed by atoms with Crippen LogP contribution in [0.1, 0.15) is 38.3 Å². The van der Waals surface area contributed by atoms with Gasteiger partial charge in [-0.15, -0.1) is 0 Å². The Bertz CT molecular complexity index is 382. The lowest BCUT2D eigenvalue weighted by molar-refractivity contribution is 0.127. The quantitative estimate of drug-likeness (QED) is 0.821. The maximum Gasteiger partial charge on any atom is 0.165 e. The highest BCUT2D eigenvalue weighted by Gasteiger charge is 2.22. The third-order valence-electron chi connectivity index (χ3n) is 3.02. The first-order chi connectivity index (χ1) is 8.47. The first-order valence-electron chi connectivity index (χ1n) is 6.23. The molecule has 0 fully saturated rings. The van der Waals surface area contributed by atoms with Crippen LogP contribution >= 0.6 is 0 Å². The zero-order valence-electron chi connectivity index (χ0n) is 11.2. The molecule has 3 N–H and O–H groups in total. The minimum Gasteiger partial charge on any atom is -0.493 e. The van der Waals surface area contributed by atoms with Gasteiger partial charge in [0.15, 0.2) is 11.6 Å². The van der Waals surface area contributed by atoms with Crippen LogP contribution in [0.25, 0.3) is 0 Å². The molecule has 0 saturated carbocycles. The molecule has 0 aliphatic rings. The minimum atomic E-state index is -0.692. The number of rotatable bonds is 6.